The molecule has 0 atom stereocenters. The van der Waals surface area contributed by atoms with Gasteiger partial charge in [-0.1, -0.05) is 40.0 Å². The van der Waals surface area contributed by atoms with E-state index < -0.39 is 39.4 Å². The summed E-state index contributed by atoms with van der Waals surface area (Å²) in [6, 6.07) is 0. The van der Waals surface area contributed by atoms with E-state index in [-0.39, 0.29) is 19.3 Å². The summed E-state index contributed by atoms with van der Waals surface area (Å²) in [7, 11) is 0. The zero-order valence-corrected chi connectivity index (χ0v) is 33.3. The van der Waals surface area contributed by atoms with Crippen LogP contribution in [0.2, 0.25) is 0 Å². The predicted octanol–water partition coefficient (Wildman–Crippen LogP) is 12.5. The summed E-state index contributed by atoms with van der Waals surface area (Å²) in [5.41, 5.74) is 0. The van der Waals surface area contributed by atoms with Gasteiger partial charge >= 0.3 is 255 Å². The molecule has 0 aromatic carbocycles. The first-order chi connectivity index (χ1) is 22.5. The first kappa shape index (κ1) is 45.2. The van der Waals surface area contributed by atoms with Gasteiger partial charge in [0, 0.05) is 0 Å². The molecule has 0 rings (SSSR count). The van der Waals surface area contributed by atoms with Crippen LogP contribution in [0.5, 0.6) is 0 Å². The normalized spacial score (nSPS) is 11.2. The van der Waals surface area contributed by atoms with E-state index in [2.05, 4.69) is 20.8 Å². The zero-order chi connectivity index (χ0) is 33.8. The molecular weight excluding hydrogens is 686 g/mol. The summed E-state index contributed by atoms with van der Waals surface area (Å²) in [5.74, 6) is -1.21. The molecule has 0 heterocycles. The summed E-state index contributed by atoms with van der Waals surface area (Å²) in [6.07, 6.45) is 36.5. The third-order valence-corrected chi connectivity index (χ3v) is 11.8. The van der Waals surface area contributed by atoms with Crippen molar-refractivity contribution >= 4 is 39.4 Å². The van der Waals surface area contributed by atoms with Gasteiger partial charge in [-0.05, 0) is 0 Å². The minimum absolute atomic E-state index is 0.281. The molecule has 0 aliphatic heterocycles. The summed E-state index contributed by atoms with van der Waals surface area (Å²) < 4.78 is 16.6. The molecule has 0 radical (unpaired) electrons. The second-order valence-electron chi connectivity index (χ2n) is 13.4. The number of carbonyl (C=O) groups excluding carboxylic acids is 3. The van der Waals surface area contributed by atoms with Crippen LogP contribution in [0.25, 0.3) is 0 Å². The molecule has 6 nitrogen and oxygen atoms in total. The van der Waals surface area contributed by atoms with Crippen LogP contribution >= 0.6 is 0 Å². The standard InChI is InChI=1S/3C13H26O2.Sb/c3*1-2-3-4-5-6-7-8-9-10-11-12-13(14)15;/h3*2-12H2,1H3,(H,14,15);/q;;;+3/p-3. The van der Waals surface area contributed by atoms with Gasteiger partial charge in [-0.3, -0.25) is 0 Å². The summed E-state index contributed by atoms with van der Waals surface area (Å²) >= 11 is -3.73. The molecule has 46 heavy (non-hydrogen) atoms. The quantitative estimate of drug-likeness (QED) is 0.0467. The average Bonchev–Trinajstić information content (AvgIpc) is 3.03. The van der Waals surface area contributed by atoms with E-state index in [9.17, 15) is 14.4 Å². The van der Waals surface area contributed by atoms with Crippen LogP contribution < -0.4 is 0 Å². The Balaban J connectivity index is 4.37. The Morgan fingerprint density at radius 3 is 0.674 bits per heavy atom. The third-order valence-electron chi connectivity index (χ3n) is 8.73. The molecule has 0 amide bonds. The van der Waals surface area contributed by atoms with Gasteiger partial charge in [0.05, 0.1) is 0 Å². The van der Waals surface area contributed by atoms with Crippen molar-refractivity contribution in [1.82, 2.24) is 0 Å². The van der Waals surface area contributed by atoms with Crippen molar-refractivity contribution < 1.29 is 23.4 Å². The third kappa shape index (κ3) is 34.6. The van der Waals surface area contributed by atoms with Crippen molar-refractivity contribution in [2.24, 2.45) is 0 Å². The Hall–Kier alpha value is -0.772. The van der Waals surface area contributed by atoms with Gasteiger partial charge in [-0.15, -0.1) is 0 Å². The number of carbonyl (C=O) groups is 3. The minimum Gasteiger partial charge on any atom is -0.0654 e. The number of unbranched alkanes of at least 4 members (excludes halogenated alkanes) is 27. The maximum atomic E-state index is 12.6. The molecule has 0 fully saturated rings. The van der Waals surface area contributed by atoms with Crippen molar-refractivity contribution in [2.45, 2.75) is 233 Å². The van der Waals surface area contributed by atoms with Crippen LogP contribution in [0.3, 0.4) is 0 Å². The van der Waals surface area contributed by atoms with Gasteiger partial charge in [0.1, 0.15) is 0 Å². The van der Waals surface area contributed by atoms with Crippen LogP contribution in [0, 0.1) is 0 Å². The average molecular weight is 762 g/mol. The first-order valence-corrected chi connectivity index (χ1v) is 23.1. The van der Waals surface area contributed by atoms with Crippen molar-refractivity contribution in [2.75, 3.05) is 0 Å². The zero-order valence-electron chi connectivity index (χ0n) is 30.7. The molecule has 0 saturated heterocycles. The topological polar surface area (TPSA) is 78.9 Å². The smallest absolute Gasteiger partial charge is 0.0654 e. The van der Waals surface area contributed by atoms with E-state index in [1.165, 1.54) is 135 Å². The molecule has 0 N–H and O–H groups in total. The van der Waals surface area contributed by atoms with Crippen molar-refractivity contribution in [3.05, 3.63) is 0 Å². The molecule has 0 aromatic heterocycles. The van der Waals surface area contributed by atoms with E-state index in [0.717, 1.165) is 57.8 Å². The van der Waals surface area contributed by atoms with Crippen LogP contribution in [0.1, 0.15) is 233 Å². The van der Waals surface area contributed by atoms with Gasteiger partial charge in [0.25, 0.3) is 0 Å². The second-order valence-corrected chi connectivity index (χ2v) is 16.2. The fourth-order valence-electron chi connectivity index (χ4n) is 5.71. The molecule has 0 spiro atoms. The van der Waals surface area contributed by atoms with Crippen molar-refractivity contribution in [1.29, 1.82) is 0 Å². The second kappa shape index (κ2) is 37.1. The predicted molar refractivity (Wildman–Crippen MR) is 193 cm³/mol. The number of hydrogen-bond acceptors (Lipinski definition) is 6. The van der Waals surface area contributed by atoms with Crippen molar-refractivity contribution in [3.8, 4) is 0 Å². The Morgan fingerprint density at radius 2 is 0.478 bits per heavy atom. The maximum absolute atomic E-state index is 12.6. The molecule has 0 aromatic rings. The summed E-state index contributed by atoms with van der Waals surface area (Å²) in [6.45, 7) is 6.72. The molecule has 0 bridgehead atoms. The Labute approximate surface area is 294 Å². The molecule has 0 aliphatic carbocycles. The van der Waals surface area contributed by atoms with E-state index in [1.807, 2.05) is 0 Å². The van der Waals surface area contributed by atoms with Crippen LogP contribution in [0.4, 0.5) is 0 Å². The fourth-order valence-corrected chi connectivity index (χ4v) is 8.24. The van der Waals surface area contributed by atoms with E-state index in [4.69, 9.17) is 9.05 Å². The van der Waals surface area contributed by atoms with Gasteiger partial charge in [-0.25, -0.2) is 0 Å². The monoisotopic (exact) mass is 760 g/mol. The molecule has 0 unspecified atom stereocenters. The number of hydrogen-bond donors (Lipinski definition) is 0. The van der Waals surface area contributed by atoms with Crippen molar-refractivity contribution in [3.63, 3.8) is 0 Å². The van der Waals surface area contributed by atoms with Gasteiger partial charge in [0.15, 0.2) is 0 Å². The molecular formula is C39H75O6Sb. The van der Waals surface area contributed by atoms with E-state index in [0.29, 0.717) is 0 Å². The van der Waals surface area contributed by atoms with Crippen LogP contribution in [-0.4, -0.2) is 39.4 Å². The van der Waals surface area contributed by atoms with Gasteiger partial charge in [-0.2, -0.15) is 0 Å². The van der Waals surface area contributed by atoms with Gasteiger partial charge < -0.3 is 0 Å². The number of rotatable bonds is 36. The Morgan fingerprint density at radius 1 is 0.304 bits per heavy atom. The summed E-state index contributed by atoms with van der Waals surface area (Å²) in [4.78, 5) is 37.7. The molecule has 7 heteroatoms. The molecule has 0 saturated carbocycles. The Bertz CT molecular complexity index is 595. The molecule has 272 valence electrons. The van der Waals surface area contributed by atoms with E-state index >= 15 is 0 Å². The minimum atomic E-state index is -3.73. The molecule has 0 aliphatic rings. The van der Waals surface area contributed by atoms with Gasteiger partial charge in [0.2, 0.25) is 0 Å². The SMILES string of the molecule is CCCCCCCCCCCCC(=O)[O][Sb]([O]C(=O)CCCCCCCCCCCC)[O]C(=O)CCCCCCCCCCCC. The van der Waals surface area contributed by atoms with Crippen LogP contribution in [-0.2, 0) is 23.4 Å². The van der Waals surface area contributed by atoms with Crippen LogP contribution in [0.15, 0.2) is 0 Å². The van der Waals surface area contributed by atoms with E-state index in [1.54, 1.807) is 0 Å². The summed E-state index contributed by atoms with van der Waals surface area (Å²) in [5, 5.41) is 0. The Kier molecular flexibility index (Phi) is 36.4. The fraction of sp³-hybridized carbons (Fsp3) is 0.923. The first-order valence-electron chi connectivity index (χ1n) is 20.0.